The van der Waals surface area contributed by atoms with Crippen LogP contribution in [0.2, 0.25) is 0 Å². The topological polar surface area (TPSA) is 42.3 Å². The molecule has 0 bridgehead atoms. The Labute approximate surface area is 91.7 Å². The predicted octanol–water partition coefficient (Wildman–Crippen LogP) is 2.82. The number of hydrogen-bond donors (Lipinski definition) is 1. The van der Waals surface area contributed by atoms with Crippen molar-refractivity contribution in [2.45, 2.75) is 6.92 Å². The monoisotopic (exact) mass is 257 g/mol. The molecule has 0 saturated heterocycles. The first kappa shape index (κ1) is 11.0. The van der Waals surface area contributed by atoms with Crippen molar-refractivity contribution in [3.8, 4) is 5.75 Å². The third-order valence-electron chi connectivity index (χ3n) is 1.71. The Bertz CT molecular complexity index is 339. The molecule has 3 nitrogen and oxygen atoms in total. The Balaban J connectivity index is 2.99. The molecule has 0 aliphatic rings. The van der Waals surface area contributed by atoms with Gasteiger partial charge in [-0.05, 0) is 41.1 Å². The van der Waals surface area contributed by atoms with Gasteiger partial charge < -0.3 is 9.47 Å². The first-order chi connectivity index (χ1) is 6.69. The average Bonchev–Trinajstić information content (AvgIpc) is 2.19. The van der Waals surface area contributed by atoms with E-state index in [9.17, 15) is 0 Å². The second kappa shape index (κ2) is 5.00. The van der Waals surface area contributed by atoms with E-state index >= 15 is 0 Å². The van der Waals surface area contributed by atoms with E-state index in [1.165, 1.54) is 0 Å². The fraction of sp³-hybridized carbons (Fsp3) is 0.300. The minimum atomic E-state index is 0.151. The van der Waals surface area contributed by atoms with Gasteiger partial charge in [0.25, 0.3) is 0 Å². The van der Waals surface area contributed by atoms with Crippen molar-refractivity contribution in [3.05, 3.63) is 28.2 Å². The number of hydrogen-bond acceptors (Lipinski definition) is 3. The lowest BCUT2D eigenvalue weighted by molar-refractivity contribution is 0.325. The first-order valence-electron chi connectivity index (χ1n) is 4.24. The van der Waals surface area contributed by atoms with Crippen molar-refractivity contribution in [2.24, 2.45) is 0 Å². The predicted molar refractivity (Wildman–Crippen MR) is 59.1 cm³/mol. The van der Waals surface area contributed by atoms with Crippen LogP contribution in [-0.2, 0) is 4.74 Å². The van der Waals surface area contributed by atoms with E-state index in [1.54, 1.807) is 13.2 Å². The van der Waals surface area contributed by atoms with Gasteiger partial charge in [-0.3, -0.25) is 5.41 Å². The number of nitrogens with one attached hydrogen (secondary N) is 1. The Morgan fingerprint density at radius 3 is 2.79 bits per heavy atom. The van der Waals surface area contributed by atoms with Crippen molar-refractivity contribution < 1.29 is 9.47 Å². The molecule has 0 heterocycles. The molecule has 14 heavy (non-hydrogen) atoms. The summed E-state index contributed by atoms with van der Waals surface area (Å²) < 4.78 is 11.0. The van der Waals surface area contributed by atoms with Crippen LogP contribution in [0.3, 0.4) is 0 Å². The zero-order chi connectivity index (χ0) is 10.6. The molecule has 4 heteroatoms. The summed E-state index contributed by atoms with van der Waals surface area (Å²) in [7, 11) is 1.59. The molecule has 0 amide bonds. The van der Waals surface area contributed by atoms with Gasteiger partial charge in [-0.15, -0.1) is 0 Å². The Kier molecular flexibility index (Phi) is 3.95. The highest BCUT2D eigenvalue weighted by molar-refractivity contribution is 9.10. The molecule has 0 aliphatic heterocycles. The van der Waals surface area contributed by atoms with Gasteiger partial charge in [0.2, 0.25) is 5.90 Å². The largest absolute Gasteiger partial charge is 0.497 e. The third-order valence-corrected chi connectivity index (χ3v) is 2.40. The molecule has 1 aromatic rings. The Hall–Kier alpha value is -1.03. The van der Waals surface area contributed by atoms with Gasteiger partial charge in [0.05, 0.1) is 19.3 Å². The smallest absolute Gasteiger partial charge is 0.214 e. The molecule has 0 spiro atoms. The number of ether oxygens (including phenoxy) is 2. The van der Waals surface area contributed by atoms with Crippen LogP contribution in [0.5, 0.6) is 5.75 Å². The lowest BCUT2D eigenvalue weighted by Gasteiger charge is -2.08. The third kappa shape index (κ3) is 2.48. The van der Waals surface area contributed by atoms with E-state index < -0.39 is 0 Å². The van der Waals surface area contributed by atoms with E-state index in [2.05, 4.69) is 15.9 Å². The summed E-state index contributed by atoms with van der Waals surface area (Å²) in [5, 5.41) is 7.63. The van der Waals surface area contributed by atoms with Crippen LogP contribution in [-0.4, -0.2) is 19.6 Å². The minimum absolute atomic E-state index is 0.151. The summed E-state index contributed by atoms with van der Waals surface area (Å²) in [4.78, 5) is 0. The SMILES string of the molecule is CCOC(=N)c1cc(OC)ccc1Br. The summed E-state index contributed by atoms with van der Waals surface area (Å²) in [6, 6.07) is 5.43. The van der Waals surface area contributed by atoms with Gasteiger partial charge >= 0.3 is 0 Å². The maximum atomic E-state index is 7.63. The average molecular weight is 258 g/mol. The molecule has 0 aliphatic carbocycles. The molecule has 0 atom stereocenters. The number of halogens is 1. The normalized spacial score (nSPS) is 9.64. The van der Waals surface area contributed by atoms with Crippen molar-refractivity contribution in [1.82, 2.24) is 0 Å². The fourth-order valence-electron chi connectivity index (χ4n) is 1.03. The van der Waals surface area contributed by atoms with Crippen molar-refractivity contribution in [1.29, 1.82) is 5.41 Å². The van der Waals surface area contributed by atoms with E-state index in [0.717, 1.165) is 4.47 Å². The number of methoxy groups -OCH3 is 1. The van der Waals surface area contributed by atoms with Gasteiger partial charge in [-0.1, -0.05) is 0 Å². The summed E-state index contributed by atoms with van der Waals surface area (Å²) in [5.74, 6) is 0.867. The maximum Gasteiger partial charge on any atom is 0.214 e. The van der Waals surface area contributed by atoms with Gasteiger partial charge in [0.1, 0.15) is 5.75 Å². The van der Waals surface area contributed by atoms with Crippen LogP contribution >= 0.6 is 15.9 Å². The fourth-order valence-corrected chi connectivity index (χ4v) is 1.45. The maximum absolute atomic E-state index is 7.63. The molecule has 0 fully saturated rings. The quantitative estimate of drug-likeness (QED) is 0.669. The van der Waals surface area contributed by atoms with Gasteiger partial charge in [-0.25, -0.2) is 0 Å². The second-order valence-electron chi connectivity index (χ2n) is 2.61. The summed E-state index contributed by atoms with van der Waals surface area (Å²) >= 11 is 3.35. The highest BCUT2D eigenvalue weighted by Crippen LogP contribution is 2.22. The van der Waals surface area contributed by atoms with E-state index in [4.69, 9.17) is 14.9 Å². The summed E-state index contributed by atoms with van der Waals surface area (Å²) in [6.07, 6.45) is 0. The molecule has 1 N–H and O–H groups in total. The summed E-state index contributed by atoms with van der Waals surface area (Å²) in [5.41, 5.74) is 0.700. The summed E-state index contributed by atoms with van der Waals surface area (Å²) in [6.45, 7) is 2.34. The van der Waals surface area contributed by atoms with E-state index in [-0.39, 0.29) is 5.90 Å². The standard InChI is InChI=1S/C10H12BrNO2/c1-3-14-10(12)8-6-7(13-2)4-5-9(8)11/h4-6,12H,3H2,1-2H3. The van der Waals surface area contributed by atoms with Crippen molar-refractivity contribution in [3.63, 3.8) is 0 Å². The highest BCUT2D eigenvalue weighted by atomic mass is 79.9. The van der Waals surface area contributed by atoms with E-state index in [1.807, 2.05) is 19.1 Å². The molecular formula is C10H12BrNO2. The van der Waals surface area contributed by atoms with Crippen LogP contribution < -0.4 is 4.74 Å². The van der Waals surface area contributed by atoms with Gasteiger partial charge in [-0.2, -0.15) is 0 Å². The van der Waals surface area contributed by atoms with Gasteiger partial charge in [0, 0.05) is 4.47 Å². The second-order valence-corrected chi connectivity index (χ2v) is 3.46. The van der Waals surface area contributed by atoms with Crippen molar-refractivity contribution in [2.75, 3.05) is 13.7 Å². The van der Waals surface area contributed by atoms with Gasteiger partial charge in [0.15, 0.2) is 0 Å². The molecule has 76 valence electrons. The highest BCUT2D eigenvalue weighted by Gasteiger charge is 2.08. The van der Waals surface area contributed by atoms with Crippen LogP contribution in [0.25, 0.3) is 0 Å². The molecule has 0 unspecified atom stereocenters. The molecule has 0 saturated carbocycles. The molecule has 0 aromatic heterocycles. The Morgan fingerprint density at radius 2 is 2.21 bits per heavy atom. The van der Waals surface area contributed by atoms with Crippen LogP contribution in [0.1, 0.15) is 12.5 Å². The lowest BCUT2D eigenvalue weighted by Crippen LogP contribution is -2.05. The van der Waals surface area contributed by atoms with Crippen LogP contribution in [0, 0.1) is 5.41 Å². The zero-order valence-electron chi connectivity index (χ0n) is 8.13. The molecule has 1 rings (SSSR count). The minimum Gasteiger partial charge on any atom is -0.497 e. The Morgan fingerprint density at radius 1 is 1.50 bits per heavy atom. The molecular weight excluding hydrogens is 246 g/mol. The van der Waals surface area contributed by atoms with Crippen LogP contribution in [0.4, 0.5) is 0 Å². The van der Waals surface area contributed by atoms with Crippen molar-refractivity contribution >= 4 is 21.8 Å². The number of benzene rings is 1. The van der Waals surface area contributed by atoms with Crippen LogP contribution in [0.15, 0.2) is 22.7 Å². The lowest BCUT2D eigenvalue weighted by atomic mass is 10.2. The zero-order valence-corrected chi connectivity index (χ0v) is 9.72. The molecule has 0 radical (unpaired) electrons. The van der Waals surface area contributed by atoms with E-state index in [0.29, 0.717) is 17.9 Å². The first-order valence-corrected chi connectivity index (χ1v) is 5.03. The number of rotatable bonds is 3. The molecule has 1 aromatic carbocycles.